The maximum absolute atomic E-state index is 7.46. The Morgan fingerprint density at radius 2 is 0.541 bits per heavy atom. The first-order valence-electron chi connectivity index (χ1n) is 47.8. The summed E-state index contributed by atoms with van der Waals surface area (Å²) in [5.74, 6) is 2.39. The van der Waals surface area contributed by atoms with Gasteiger partial charge in [-0.25, -0.2) is 0 Å². The van der Waals surface area contributed by atoms with Crippen LogP contribution in [-0.4, -0.2) is 23.0 Å². The van der Waals surface area contributed by atoms with Gasteiger partial charge < -0.3 is 9.47 Å². The van der Waals surface area contributed by atoms with E-state index in [1.807, 2.05) is 22.7 Å². The molecule has 0 radical (unpaired) electrons. The van der Waals surface area contributed by atoms with Crippen LogP contribution in [-0.2, 0) is 10.8 Å². The molecule has 0 N–H and O–H groups in total. The molecular formula is C102H160N2O2S5. The Kier molecular flexibility index (Phi) is 43.9. The second kappa shape index (κ2) is 53.2. The molecule has 0 spiro atoms. The molecule has 5 aromatic heterocycles. The first-order chi connectivity index (χ1) is 54.8. The first kappa shape index (κ1) is 91.6. The van der Waals surface area contributed by atoms with Gasteiger partial charge >= 0.3 is 0 Å². The van der Waals surface area contributed by atoms with E-state index in [1.54, 1.807) is 11.1 Å². The summed E-state index contributed by atoms with van der Waals surface area (Å²) < 4.78 is 24.9. The Morgan fingerprint density at radius 1 is 0.270 bits per heavy atom. The van der Waals surface area contributed by atoms with Crippen LogP contribution in [0.15, 0.2) is 48.5 Å². The fourth-order valence-electron chi connectivity index (χ4n) is 19.8. The van der Waals surface area contributed by atoms with Gasteiger partial charge in [0.25, 0.3) is 0 Å². The van der Waals surface area contributed by atoms with E-state index in [9.17, 15) is 0 Å². The zero-order chi connectivity index (χ0) is 77.8. The predicted molar refractivity (Wildman–Crippen MR) is 498 cm³/mol. The molecule has 0 aliphatic heterocycles. The van der Waals surface area contributed by atoms with Gasteiger partial charge in [-0.2, -0.15) is 8.75 Å². The molecule has 0 bridgehead atoms. The van der Waals surface area contributed by atoms with E-state index in [1.165, 1.54) is 494 Å². The molecule has 7 aromatic rings. The number of hydrogen-bond donors (Lipinski definition) is 0. The fraction of sp³-hybridized carbons (Fsp3) is 0.725. The molecule has 9 heteroatoms. The van der Waals surface area contributed by atoms with Gasteiger partial charge in [0.15, 0.2) is 0 Å². The monoisotopic (exact) mass is 1610 g/mol. The number of benzene rings is 2. The summed E-state index contributed by atoms with van der Waals surface area (Å²) in [5.41, 5.74) is 13.1. The number of aromatic nitrogens is 2. The van der Waals surface area contributed by atoms with E-state index < -0.39 is 0 Å². The van der Waals surface area contributed by atoms with Gasteiger partial charge in [0.05, 0.1) is 25.9 Å². The van der Waals surface area contributed by atoms with Crippen LogP contribution >= 0.6 is 57.1 Å². The van der Waals surface area contributed by atoms with E-state index in [2.05, 4.69) is 127 Å². The van der Waals surface area contributed by atoms with Crippen LogP contribution in [0, 0.1) is 13.8 Å². The minimum absolute atomic E-state index is 0.138. The third-order valence-corrected chi connectivity index (χ3v) is 31.3. The third-order valence-electron chi connectivity index (χ3n) is 26.2. The molecule has 5 heterocycles. The summed E-state index contributed by atoms with van der Waals surface area (Å²) >= 11 is 9.31. The number of ether oxygens (including phenoxy) is 2. The topological polar surface area (TPSA) is 44.2 Å². The van der Waals surface area contributed by atoms with E-state index in [0.29, 0.717) is 0 Å². The second-order valence-corrected chi connectivity index (χ2v) is 40.4. The maximum Gasteiger partial charge on any atom is 0.132 e. The zero-order valence-corrected chi connectivity index (χ0v) is 76.7. The number of thiophene rings is 4. The number of methoxy groups -OCH3 is 2. The highest BCUT2D eigenvalue weighted by molar-refractivity contribution is 7.25. The van der Waals surface area contributed by atoms with Crippen LogP contribution < -0.4 is 9.47 Å². The lowest BCUT2D eigenvalue weighted by Gasteiger charge is -2.37. The number of aryl methyl sites for hydroxylation is 2. The molecule has 0 saturated carbocycles. The minimum atomic E-state index is -0.200. The molecule has 0 unspecified atom stereocenters. The normalized spacial score (nSPS) is 13.3. The van der Waals surface area contributed by atoms with Crippen LogP contribution in [0.25, 0.3) is 62.6 Å². The summed E-state index contributed by atoms with van der Waals surface area (Å²) in [4.78, 5) is 11.0. The van der Waals surface area contributed by atoms with Crippen molar-refractivity contribution in [3.05, 3.63) is 80.5 Å². The quantitative estimate of drug-likeness (QED) is 0.0357. The Labute approximate surface area is 702 Å². The smallest absolute Gasteiger partial charge is 0.132 e. The van der Waals surface area contributed by atoms with E-state index in [-0.39, 0.29) is 10.8 Å². The Morgan fingerprint density at radius 3 is 0.838 bits per heavy atom. The Hall–Kier alpha value is -3.34. The molecule has 620 valence electrons. The zero-order valence-electron chi connectivity index (χ0n) is 72.6. The number of fused-ring (bicyclic) bond motifs is 7. The summed E-state index contributed by atoms with van der Waals surface area (Å²) in [6.07, 6.45) is 87.8. The summed E-state index contributed by atoms with van der Waals surface area (Å²) in [5, 5.41) is 0. The largest absolute Gasteiger partial charge is 0.496 e. The molecule has 0 amide bonds. The third kappa shape index (κ3) is 27.6. The highest BCUT2D eigenvalue weighted by Gasteiger charge is 2.55. The molecule has 2 aliphatic carbocycles. The maximum atomic E-state index is 7.46. The predicted octanol–water partition coefficient (Wildman–Crippen LogP) is 37.2. The highest BCUT2D eigenvalue weighted by Crippen LogP contribution is 2.71. The average molecular weight is 1610 g/mol. The van der Waals surface area contributed by atoms with Crippen molar-refractivity contribution in [3.8, 4) is 63.0 Å². The van der Waals surface area contributed by atoms with Crippen molar-refractivity contribution < 1.29 is 9.47 Å². The van der Waals surface area contributed by atoms with Gasteiger partial charge in [-0.1, -0.05) is 425 Å². The van der Waals surface area contributed by atoms with Gasteiger partial charge in [0.1, 0.15) is 22.5 Å². The summed E-state index contributed by atoms with van der Waals surface area (Å²) in [6.45, 7) is 13.9. The van der Waals surface area contributed by atoms with Gasteiger partial charge in [0, 0.05) is 83.2 Å². The van der Waals surface area contributed by atoms with Crippen LogP contribution in [0.2, 0.25) is 0 Å². The molecule has 2 aliphatic rings. The van der Waals surface area contributed by atoms with Crippen molar-refractivity contribution in [2.75, 3.05) is 14.2 Å². The highest BCUT2D eigenvalue weighted by atomic mass is 32.1. The lowest BCUT2D eigenvalue weighted by atomic mass is 9.67. The lowest BCUT2D eigenvalue weighted by Crippen LogP contribution is -2.28. The molecule has 0 atom stereocenters. The van der Waals surface area contributed by atoms with E-state index in [4.69, 9.17) is 18.2 Å². The van der Waals surface area contributed by atoms with Crippen LogP contribution in [0.1, 0.15) is 471 Å². The molecule has 0 fully saturated rings. The number of hydrogen-bond acceptors (Lipinski definition) is 9. The van der Waals surface area contributed by atoms with Crippen LogP contribution in [0.3, 0.4) is 0 Å². The molecule has 4 nitrogen and oxygen atoms in total. The molecule has 111 heavy (non-hydrogen) atoms. The fourth-order valence-corrected chi connectivity index (χ4v) is 24.8. The van der Waals surface area contributed by atoms with Crippen molar-refractivity contribution >= 4 is 68.1 Å². The minimum Gasteiger partial charge on any atom is -0.496 e. The first-order valence-corrected chi connectivity index (χ1v) is 51.8. The number of unbranched alkanes of at least 4 members (excludes halogenated alkanes) is 56. The van der Waals surface area contributed by atoms with Gasteiger partial charge in [-0.05, 0) is 87.1 Å². The Bertz CT molecular complexity index is 3540. The van der Waals surface area contributed by atoms with Crippen LogP contribution in [0.4, 0.5) is 0 Å². The average Bonchev–Trinajstić information content (AvgIpc) is 1.50. The van der Waals surface area contributed by atoms with Gasteiger partial charge in [-0.15, -0.1) is 45.3 Å². The van der Waals surface area contributed by atoms with Gasteiger partial charge in [0.2, 0.25) is 0 Å². The summed E-state index contributed by atoms with van der Waals surface area (Å²) in [6, 6.07) is 19.4. The van der Waals surface area contributed by atoms with E-state index >= 15 is 0 Å². The molecule has 9 rings (SSSR count). The van der Waals surface area contributed by atoms with E-state index in [0.717, 1.165) is 23.9 Å². The van der Waals surface area contributed by atoms with Crippen molar-refractivity contribution in [1.29, 1.82) is 0 Å². The Balaban J connectivity index is 1.03. The molecule has 0 saturated heterocycles. The van der Waals surface area contributed by atoms with Crippen molar-refractivity contribution in [1.82, 2.24) is 8.75 Å². The molecule has 2 aromatic carbocycles. The number of rotatable bonds is 69. The standard InChI is InChI=1S/C102H160N2O2S5/c1-9-13-17-21-25-29-33-37-41-45-49-53-57-61-65-75-101(76-66-62-58-54-50-46-42-38-34-30-26-22-18-14-10-2)85-79-82(6)108-99(85)91-93(101)98(106-8)92-94(97(91)105-7)102(77-67-63-59-55-51-47-43-39-35-31-27-23-19-15-11-3,78-68-64-60-56-52-48-44-40-36-32-28-24-20-16-12-4)86-80-90(110-100(86)92)89-74-73-88(109-89)84-71-70-83(87-72-69-81(5)107-87)95-96(84)104-111-103-95/h69-74,79-80H,9-68,75-78H2,1-8H3. The second-order valence-electron chi connectivity index (χ2n) is 35.2. The van der Waals surface area contributed by atoms with Gasteiger partial charge in [-0.3, -0.25) is 0 Å². The van der Waals surface area contributed by atoms with Crippen molar-refractivity contribution in [2.45, 2.75) is 463 Å². The van der Waals surface area contributed by atoms with Crippen LogP contribution in [0.5, 0.6) is 11.5 Å². The summed E-state index contributed by atoms with van der Waals surface area (Å²) in [7, 11) is 4.15. The van der Waals surface area contributed by atoms with Crippen molar-refractivity contribution in [2.24, 2.45) is 0 Å². The molecular weight excluding hydrogens is 1450 g/mol. The SMILES string of the molecule is CCCCCCCCCCCCCCCCCC1(CCCCCCCCCCCCCCCCC)c2cc(C)sc2-c2c(OC)c3c(c(OC)c21)-c1sc(-c2ccc(-c4ccc(-c5ccc(C)s5)c5nsnc45)s2)cc1C3(CCCCCCCCCCCCCCCCC)CCCCCCCCCCCCCCCCC. The van der Waals surface area contributed by atoms with Crippen molar-refractivity contribution in [3.63, 3.8) is 0 Å². The number of nitrogens with zero attached hydrogens (tertiary/aromatic N) is 2. The lowest BCUT2D eigenvalue weighted by molar-refractivity contribution is 0.349.